The summed E-state index contributed by atoms with van der Waals surface area (Å²) >= 11 is 0. The van der Waals surface area contributed by atoms with Crippen LogP contribution in [0.2, 0.25) is 0 Å². The molecule has 2 aromatic rings. The Bertz CT molecular complexity index is 538. The maximum Gasteiger partial charge on any atom is 0.134 e. The van der Waals surface area contributed by atoms with Gasteiger partial charge >= 0.3 is 0 Å². The van der Waals surface area contributed by atoms with Crippen LogP contribution in [0.1, 0.15) is 30.0 Å². The van der Waals surface area contributed by atoms with E-state index in [2.05, 4.69) is 5.16 Å². The minimum absolute atomic E-state index is 0.223. The summed E-state index contributed by atoms with van der Waals surface area (Å²) in [5.41, 5.74) is 7.22. The van der Waals surface area contributed by atoms with E-state index in [-0.39, 0.29) is 18.5 Å². The van der Waals surface area contributed by atoms with Crippen LogP contribution in [-0.2, 0) is 6.61 Å². The van der Waals surface area contributed by atoms with Crippen molar-refractivity contribution in [2.45, 2.75) is 26.5 Å². The Labute approximate surface area is 105 Å². The molecule has 0 fully saturated rings. The van der Waals surface area contributed by atoms with Crippen molar-refractivity contribution in [1.29, 1.82) is 0 Å². The predicted octanol–water partition coefficient (Wildman–Crippen LogP) is 2.72. The largest absolute Gasteiger partial charge is 0.487 e. The molecule has 0 bridgehead atoms. The molecule has 0 aliphatic rings. The summed E-state index contributed by atoms with van der Waals surface area (Å²) in [7, 11) is 0. The average Bonchev–Trinajstić information content (AvgIpc) is 2.72. The van der Waals surface area contributed by atoms with Crippen LogP contribution in [0, 0.1) is 12.7 Å². The van der Waals surface area contributed by atoms with Gasteiger partial charge < -0.3 is 15.0 Å². The number of ether oxygens (including phenoxy) is 1. The van der Waals surface area contributed by atoms with Crippen molar-refractivity contribution in [3.05, 3.63) is 47.1 Å². The highest BCUT2D eigenvalue weighted by Crippen LogP contribution is 2.25. The fourth-order valence-corrected chi connectivity index (χ4v) is 1.65. The highest BCUT2D eigenvalue weighted by molar-refractivity contribution is 5.36. The molecule has 18 heavy (non-hydrogen) atoms. The lowest BCUT2D eigenvalue weighted by atomic mass is 10.1. The first-order valence-electron chi connectivity index (χ1n) is 5.66. The third kappa shape index (κ3) is 2.87. The summed E-state index contributed by atoms with van der Waals surface area (Å²) in [6, 6.07) is 5.87. The van der Waals surface area contributed by atoms with E-state index < -0.39 is 0 Å². The van der Waals surface area contributed by atoms with Crippen molar-refractivity contribution < 1.29 is 13.7 Å². The maximum atomic E-state index is 13.2. The summed E-state index contributed by atoms with van der Waals surface area (Å²) in [4.78, 5) is 0. The second-order valence-electron chi connectivity index (χ2n) is 4.19. The Hall–Kier alpha value is -1.88. The van der Waals surface area contributed by atoms with Crippen molar-refractivity contribution in [3.63, 3.8) is 0 Å². The van der Waals surface area contributed by atoms with Gasteiger partial charge in [-0.25, -0.2) is 4.39 Å². The minimum atomic E-state index is -0.356. The second-order valence-corrected chi connectivity index (χ2v) is 4.19. The Morgan fingerprint density at radius 2 is 2.22 bits per heavy atom. The summed E-state index contributed by atoms with van der Waals surface area (Å²) in [5.74, 6) is 0.789. The summed E-state index contributed by atoms with van der Waals surface area (Å²) in [5, 5.41) is 3.80. The first-order chi connectivity index (χ1) is 8.56. The molecular weight excluding hydrogens is 235 g/mol. The number of hydrogen-bond donors (Lipinski definition) is 1. The van der Waals surface area contributed by atoms with Crippen LogP contribution in [-0.4, -0.2) is 5.16 Å². The third-order valence-electron chi connectivity index (χ3n) is 2.52. The summed E-state index contributed by atoms with van der Waals surface area (Å²) in [6.07, 6.45) is 0. The van der Waals surface area contributed by atoms with Crippen molar-refractivity contribution in [2.24, 2.45) is 5.73 Å². The van der Waals surface area contributed by atoms with Crippen LogP contribution in [0.3, 0.4) is 0 Å². The first-order valence-corrected chi connectivity index (χ1v) is 5.66. The van der Waals surface area contributed by atoms with E-state index in [1.165, 1.54) is 12.1 Å². The van der Waals surface area contributed by atoms with Crippen LogP contribution in [0.5, 0.6) is 5.75 Å². The van der Waals surface area contributed by atoms with E-state index >= 15 is 0 Å². The topological polar surface area (TPSA) is 61.3 Å². The number of aromatic nitrogens is 1. The van der Waals surface area contributed by atoms with Gasteiger partial charge in [-0.15, -0.1) is 0 Å². The Balaban J connectivity index is 2.15. The van der Waals surface area contributed by atoms with Crippen LogP contribution < -0.4 is 10.5 Å². The van der Waals surface area contributed by atoms with Gasteiger partial charge in [-0.3, -0.25) is 0 Å². The molecule has 1 aromatic heterocycles. The van der Waals surface area contributed by atoms with E-state index in [9.17, 15) is 4.39 Å². The average molecular weight is 250 g/mol. The predicted molar refractivity (Wildman–Crippen MR) is 64.6 cm³/mol. The molecule has 0 aliphatic heterocycles. The Morgan fingerprint density at radius 1 is 1.44 bits per heavy atom. The zero-order valence-corrected chi connectivity index (χ0v) is 10.3. The van der Waals surface area contributed by atoms with Crippen molar-refractivity contribution in [2.75, 3.05) is 0 Å². The zero-order valence-electron chi connectivity index (χ0n) is 10.3. The number of nitrogens with zero attached hydrogens (tertiary/aromatic N) is 1. The molecule has 0 spiro atoms. The molecule has 0 amide bonds. The molecule has 96 valence electrons. The smallest absolute Gasteiger partial charge is 0.134 e. The molecule has 1 heterocycles. The fourth-order valence-electron chi connectivity index (χ4n) is 1.65. The second kappa shape index (κ2) is 5.18. The Kier molecular flexibility index (Phi) is 3.62. The number of rotatable bonds is 4. The summed E-state index contributed by atoms with van der Waals surface area (Å²) < 4.78 is 23.6. The van der Waals surface area contributed by atoms with Crippen molar-refractivity contribution in [1.82, 2.24) is 5.16 Å². The van der Waals surface area contributed by atoms with Gasteiger partial charge in [-0.2, -0.15) is 0 Å². The van der Waals surface area contributed by atoms with Gasteiger partial charge in [-0.1, -0.05) is 11.2 Å². The molecule has 1 atom stereocenters. The van der Waals surface area contributed by atoms with Gasteiger partial charge in [0.15, 0.2) is 0 Å². The number of aryl methyl sites for hydroxylation is 1. The number of benzene rings is 1. The maximum absolute atomic E-state index is 13.2. The van der Waals surface area contributed by atoms with Crippen LogP contribution in [0.15, 0.2) is 28.8 Å². The number of halogens is 1. The highest BCUT2D eigenvalue weighted by atomic mass is 19.1. The van der Waals surface area contributed by atoms with E-state index in [0.717, 1.165) is 5.56 Å². The van der Waals surface area contributed by atoms with Gasteiger partial charge in [-0.05, 0) is 19.9 Å². The molecule has 0 aliphatic carbocycles. The van der Waals surface area contributed by atoms with Crippen LogP contribution in [0.25, 0.3) is 0 Å². The highest BCUT2D eigenvalue weighted by Gasteiger charge is 2.10. The monoisotopic (exact) mass is 250 g/mol. The fraction of sp³-hybridized carbons (Fsp3) is 0.308. The molecule has 4 nitrogen and oxygen atoms in total. The van der Waals surface area contributed by atoms with E-state index in [4.69, 9.17) is 15.0 Å². The lowest BCUT2D eigenvalue weighted by Crippen LogP contribution is -2.08. The van der Waals surface area contributed by atoms with Gasteiger partial charge in [0.2, 0.25) is 0 Å². The molecular formula is C13H15FN2O2. The molecule has 5 heteroatoms. The van der Waals surface area contributed by atoms with E-state index in [1.807, 2.05) is 6.92 Å². The van der Waals surface area contributed by atoms with E-state index in [1.54, 1.807) is 19.1 Å². The normalized spacial score (nSPS) is 12.4. The van der Waals surface area contributed by atoms with E-state index in [0.29, 0.717) is 17.2 Å². The SMILES string of the molecule is Cc1cc(COc2cc(F)ccc2C(C)N)no1. The van der Waals surface area contributed by atoms with Gasteiger partial charge in [0.25, 0.3) is 0 Å². The molecule has 2 N–H and O–H groups in total. The quantitative estimate of drug-likeness (QED) is 0.906. The van der Waals surface area contributed by atoms with Crippen LogP contribution >= 0.6 is 0 Å². The third-order valence-corrected chi connectivity index (χ3v) is 2.52. The van der Waals surface area contributed by atoms with Crippen molar-refractivity contribution in [3.8, 4) is 5.75 Å². The summed E-state index contributed by atoms with van der Waals surface area (Å²) in [6.45, 7) is 3.84. The minimum Gasteiger partial charge on any atom is -0.487 e. The molecule has 0 saturated heterocycles. The molecule has 2 rings (SSSR count). The van der Waals surface area contributed by atoms with Crippen molar-refractivity contribution >= 4 is 0 Å². The van der Waals surface area contributed by atoms with Crippen LogP contribution in [0.4, 0.5) is 4.39 Å². The lowest BCUT2D eigenvalue weighted by Gasteiger charge is -2.13. The number of nitrogens with two attached hydrogens (primary N) is 1. The standard InChI is InChI=1S/C13H15FN2O2/c1-8-5-11(16-18-8)7-17-13-6-10(14)3-4-12(13)9(2)15/h3-6,9H,7,15H2,1-2H3. The molecule has 1 unspecified atom stereocenters. The zero-order chi connectivity index (χ0) is 13.1. The first kappa shape index (κ1) is 12.6. The van der Waals surface area contributed by atoms with Gasteiger partial charge in [0.1, 0.15) is 29.6 Å². The number of hydrogen-bond acceptors (Lipinski definition) is 4. The van der Waals surface area contributed by atoms with Gasteiger partial charge in [0, 0.05) is 23.7 Å². The van der Waals surface area contributed by atoms with Gasteiger partial charge in [0.05, 0.1) is 0 Å². The molecule has 1 aromatic carbocycles. The Morgan fingerprint density at radius 3 is 2.83 bits per heavy atom. The molecule has 0 radical (unpaired) electrons. The molecule has 0 saturated carbocycles. The lowest BCUT2D eigenvalue weighted by molar-refractivity contribution is 0.283.